The highest BCUT2D eigenvalue weighted by molar-refractivity contribution is 6.30. The van der Waals surface area contributed by atoms with Crippen molar-refractivity contribution in [2.24, 2.45) is 5.92 Å². The largest absolute Gasteiger partial charge is 0.493 e. The number of nitrogens with one attached hydrogen (secondary N) is 1. The summed E-state index contributed by atoms with van der Waals surface area (Å²) in [6.07, 6.45) is 4.67. The van der Waals surface area contributed by atoms with Crippen LogP contribution >= 0.6 is 11.6 Å². The van der Waals surface area contributed by atoms with Gasteiger partial charge in [-0.1, -0.05) is 44.0 Å². The fraction of sp³-hybridized carbons (Fsp3) is 0.464. The Bertz CT molecular complexity index is 1250. The van der Waals surface area contributed by atoms with E-state index in [2.05, 4.69) is 17.1 Å². The van der Waals surface area contributed by atoms with Gasteiger partial charge >= 0.3 is 0 Å². The molecule has 0 saturated carbocycles. The van der Waals surface area contributed by atoms with Gasteiger partial charge in [-0.25, -0.2) is 4.98 Å². The van der Waals surface area contributed by atoms with Crippen LogP contribution in [0.15, 0.2) is 47.3 Å². The van der Waals surface area contributed by atoms with Gasteiger partial charge in [0.15, 0.2) is 0 Å². The third kappa shape index (κ3) is 6.65. The van der Waals surface area contributed by atoms with E-state index in [9.17, 15) is 9.59 Å². The second-order valence-corrected chi connectivity index (χ2v) is 10.1. The number of fused-ring (bicyclic) bond motifs is 1. The van der Waals surface area contributed by atoms with Gasteiger partial charge in [-0.3, -0.25) is 14.2 Å². The molecule has 4 rings (SSSR count). The van der Waals surface area contributed by atoms with E-state index < -0.39 is 0 Å². The van der Waals surface area contributed by atoms with Crippen molar-refractivity contribution < 1.29 is 9.53 Å². The normalized spacial score (nSPS) is 15.1. The summed E-state index contributed by atoms with van der Waals surface area (Å²) in [5.74, 6) is 1.18. The second-order valence-electron chi connectivity index (χ2n) is 9.64. The van der Waals surface area contributed by atoms with E-state index in [-0.39, 0.29) is 18.0 Å². The number of aromatic nitrogens is 2. The van der Waals surface area contributed by atoms with E-state index >= 15 is 0 Å². The molecular weight excluding hydrogens is 476 g/mol. The average molecular weight is 511 g/mol. The van der Waals surface area contributed by atoms with E-state index in [0.717, 1.165) is 26.1 Å². The van der Waals surface area contributed by atoms with E-state index in [1.165, 1.54) is 23.8 Å². The molecule has 0 spiro atoms. The number of hydrogen-bond acceptors (Lipinski definition) is 5. The summed E-state index contributed by atoms with van der Waals surface area (Å²) < 4.78 is 7.50. The molecule has 3 aromatic rings. The first-order chi connectivity index (χ1) is 17.4. The van der Waals surface area contributed by atoms with Gasteiger partial charge in [0, 0.05) is 29.6 Å². The number of carbonyl (C=O) groups excluding carboxylic acids is 1. The molecule has 7 nitrogen and oxygen atoms in total. The van der Waals surface area contributed by atoms with Gasteiger partial charge in [0.1, 0.15) is 18.1 Å². The van der Waals surface area contributed by atoms with E-state index in [0.29, 0.717) is 52.1 Å². The third-order valence-corrected chi connectivity index (χ3v) is 6.67. The quantitative estimate of drug-likeness (QED) is 0.426. The zero-order chi connectivity index (χ0) is 25.5. The number of hydrogen-bond donors (Lipinski definition) is 1. The molecular formula is C28H35ClN4O3. The van der Waals surface area contributed by atoms with Crippen molar-refractivity contribution in [2.45, 2.75) is 46.1 Å². The van der Waals surface area contributed by atoms with Crippen LogP contribution in [0.3, 0.4) is 0 Å². The molecule has 1 aliphatic heterocycles. The fourth-order valence-corrected chi connectivity index (χ4v) is 4.81. The molecule has 1 atom stereocenters. The van der Waals surface area contributed by atoms with Crippen LogP contribution in [0.5, 0.6) is 5.75 Å². The van der Waals surface area contributed by atoms with Crippen molar-refractivity contribution in [1.82, 2.24) is 19.8 Å². The van der Waals surface area contributed by atoms with Crippen LogP contribution in [-0.2, 0) is 11.3 Å². The second kappa shape index (κ2) is 12.4. The van der Waals surface area contributed by atoms with Crippen molar-refractivity contribution in [3.8, 4) is 17.1 Å². The first-order valence-electron chi connectivity index (χ1n) is 12.9. The lowest BCUT2D eigenvalue weighted by Crippen LogP contribution is -2.35. The third-order valence-electron chi connectivity index (χ3n) is 6.44. The highest BCUT2D eigenvalue weighted by Gasteiger charge is 2.17. The minimum atomic E-state index is -0.284. The van der Waals surface area contributed by atoms with Crippen molar-refractivity contribution in [2.75, 3.05) is 32.8 Å². The molecule has 0 bridgehead atoms. The van der Waals surface area contributed by atoms with E-state index in [1.807, 2.05) is 19.1 Å². The summed E-state index contributed by atoms with van der Waals surface area (Å²) in [5.41, 5.74) is 0.944. The maximum Gasteiger partial charge on any atom is 0.262 e. The first-order valence-corrected chi connectivity index (χ1v) is 13.2. The molecule has 1 aromatic heterocycles. The van der Waals surface area contributed by atoms with Crippen LogP contribution in [0.1, 0.15) is 39.5 Å². The number of halogens is 1. The summed E-state index contributed by atoms with van der Waals surface area (Å²) in [5, 5.41) is 3.80. The van der Waals surface area contributed by atoms with Crippen LogP contribution in [0.4, 0.5) is 0 Å². The molecule has 2 aromatic carbocycles. The summed E-state index contributed by atoms with van der Waals surface area (Å²) in [4.78, 5) is 33.4. The van der Waals surface area contributed by atoms with Crippen LogP contribution in [-0.4, -0.2) is 53.1 Å². The Kier molecular flexibility index (Phi) is 8.99. The Morgan fingerprint density at radius 2 is 1.97 bits per heavy atom. The molecule has 2 heterocycles. The van der Waals surface area contributed by atoms with Gasteiger partial charge in [0.25, 0.3) is 5.56 Å². The summed E-state index contributed by atoms with van der Waals surface area (Å²) >= 11 is 6.21. The zero-order valence-corrected chi connectivity index (χ0v) is 21.9. The molecule has 1 amide bonds. The number of nitrogens with zero attached hydrogens (tertiary/aromatic N) is 3. The first kappa shape index (κ1) is 26.2. The topological polar surface area (TPSA) is 76.5 Å². The van der Waals surface area contributed by atoms with Gasteiger partial charge in [-0.15, -0.1) is 0 Å². The monoisotopic (exact) mass is 510 g/mol. The Morgan fingerprint density at radius 3 is 2.72 bits per heavy atom. The molecule has 1 N–H and O–H groups in total. The molecule has 1 saturated heterocycles. The fourth-order valence-electron chi connectivity index (χ4n) is 4.62. The van der Waals surface area contributed by atoms with Crippen molar-refractivity contribution in [3.63, 3.8) is 0 Å². The average Bonchev–Trinajstić information content (AvgIpc) is 2.88. The Hall–Kier alpha value is -2.90. The lowest BCUT2D eigenvalue weighted by Gasteiger charge is -2.29. The number of rotatable bonds is 10. The SMILES string of the molecule is CCCNC(=O)Cn1c(-c2cccc(Cl)c2)nc2ccc(OCC(C)CN3CCCCC3)cc2c1=O. The molecule has 1 aliphatic rings. The smallest absolute Gasteiger partial charge is 0.262 e. The number of likely N-dealkylation sites (tertiary alicyclic amines) is 1. The highest BCUT2D eigenvalue weighted by atomic mass is 35.5. The van der Waals surface area contributed by atoms with Crippen LogP contribution in [0, 0.1) is 5.92 Å². The molecule has 8 heteroatoms. The van der Waals surface area contributed by atoms with E-state index in [4.69, 9.17) is 21.3 Å². The highest BCUT2D eigenvalue weighted by Crippen LogP contribution is 2.24. The predicted octanol–water partition coefficient (Wildman–Crippen LogP) is 4.74. The van der Waals surface area contributed by atoms with Crippen molar-refractivity contribution in [1.29, 1.82) is 0 Å². The van der Waals surface area contributed by atoms with Crippen LogP contribution in [0.25, 0.3) is 22.3 Å². The van der Waals surface area contributed by atoms with Gasteiger partial charge in [0.2, 0.25) is 5.91 Å². The Morgan fingerprint density at radius 1 is 1.17 bits per heavy atom. The standard InChI is InChI=1S/C28H35ClN4O3/c1-3-12-30-26(34)18-33-27(21-8-7-9-22(29)15-21)31-25-11-10-23(16-24(25)28(33)35)36-19-20(2)17-32-13-5-4-6-14-32/h7-11,15-16,20H,3-6,12-14,17-19H2,1-2H3,(H,30,34). The number of piperidine rings is 1. The summed E-state index contributed by atoms with van der Waals surface area (Å²) in [6, 6.07) is 12.5. The van der Waals surface area contributed by atoms with Crippen LogP contribution < -0.4 is 15.6 Å². The Balaban J connectivity index is 1.60. The summed E-state index contributed by atoms with van der Waals surface area (Å²) in [6.45, 7) is 8.50. The number of carbonyl (C=O) groups is 1. The van der Waals surface area contributed by atoms with Gasteiger partial charge in [-0.05, 0) is 62.7 Å². The maximum absolute atomic E-state index is 13.6. The number of benzene rings is 2. The van der Waals surface area contributed by atoms with Crippen LogP contribution in [0.2, 0.25) is 5.02 Å². The lowest BCUT2D eigenvalue weighted by molar-refractivity contribution is -0.121. The summed E-state index contributed by atoms with van der Waals surface area (Å²) in [7, 11) is 0. The molecule has 0 aliphatic carbocycles. The van der Waals surface area contributed by atoms with Gasteiger partial charge in [-0.2, -0.15) is 0 Å². The zero-order valence-electron chi connectivity index (χ0n) is 21.1. The lowest BCUT2D eigenvalue weighted by atomic mass is 10.1. The molecule has 0 radical (unpaired) electrons. The van der Waals surface area contributed by atoms with Crippen molar-refractivity contribution in [3.05, 3.63) is 57.8 Å². The molecule has 36 heavy (non-hydrogen) atoms. The molecule has 192 valence electrons. The van der Waals surface area contributed by atoms with Crippen molar-refractivity contribution >= 4 is 28.4 Å². The van der Waals surface area contributed by atoms with Gasteiger partial charge in [0.05, 0.1) is 17.5 Å². The number of amides is 1. The number of ether oxygens (including phenoxy) is 1. The molecule has 1 unspecified atom stereocenters. The predicted molar refractivity (Wildman–Crippen MR) is 145 cm³/mol. The van der Waals surface area contributed by atoms with Gasteiger partial charge < -0.3 is 15.0 Å². The maximum atomic E-state index is 13.6. The minimum absolute atomic E-state index is 0.123. The molecule has 1 fully saturated rings. The Labute approximate surface area is 217 Å². The van der Waals surface area contributed by atoms with E-state index in [1.54, 1.807) is 30.3 Å². The minimum Gasteiger partial charge on any atom is -0.493 e.